The van der Waals surface area contributed by atoms with Crippen molar-refractivity contribution in [1.82, 2.24) is 19.4 Å². The third-order valence-electron chi connectivity index (χ3n) is 2.95. The summed E-state index contributed by atoms with van der Waals surface area (Å²) >= 11 is 1.17. The van der Waals surface area contributed by atoms with Crippen LogP contribution < -0.4 is 0 Å². The average Bonchev–Trinajstić information content (AvgIpc) is 2.74. The summed E-state index contributed by atoms with van der Waals surface area (Å²) in [5, 5.41) is 9.24. The van der Waals surface area contributed by atoms with Crippen LogP contribution >= 0.6 is 11.8 Å². The van der Waals surface area contributed by atoms with Crippen molar-refractivity contribution in [2.75, 3.05) is 26.5 Å². The van der Waals surface area contributed by atoms with Gasteiger partial charge in [0, 0.05) is 13.1 Å². The number of alkyl halides is 3. The number of imidazole rings is 1. The highest BCUT2D eigenvalue weighted by atomic mass is 32.2. The van der Waals surface area contributed by atoms with Gasteiger partial charge in [-0.05, 0) is 14.1 Å². The summed E-state index contributed by atoms with van der Waals surface area (Å²) in [7, 11) is 3.59. The molecule has 0 atom stereocenters. The molecule has 0 saturated carbocycles. The van der Waals surface area contributed by atoms with Gasteiger partial charge in [0.2, 0.25) is 5.82 Å². The van der Waals surface area contributed by atoms with Crippen LogP contribution in [0.3, 0.4) is 0 Å². The summed E-state index contributed by atoms with van der Waals surface area (Å²) in [5.41, 5.74) is 0.308. The Hall–Kier alpha value is -1.42. The average molecular weight is 324 g/mol. The van der Waals surface area contributed by atoms with Gasteiger partial charge in [-0.1, -0.05) is 11.8 Å². The maximum atomic E-state index is 13.0. The molecule has 1 amide bonds. The first kappa shape index (κ1) is 16.0. The fourth-order valence-electron chi connectivity index (χ4n) is 2.02. The lowest BCUT2D eigenvalue weighted by atomic mass is 10.3. The maximum absolute atomic E-state index is 13.0. The third-order valence-corrected chi connectivity index (χ3v) is 4.20. The van der Waals surface area contributed by atoms with Crippen molar-refractivity contribution in [3.05, 3.63) is 11.5 Å². The van der Waals surface area contributed by atoms with Crippen LogP contribution in [0.15, 0.2) is 5.03 Å². The molecule has 0 aromatic carbocycles. The van der Waals surface area contributed by atoms with E-state index in [0.29, 0.717) is 11.6 Å². The lowest BCUT2D eigenvalue weighted by molar-refractivity contribution is -0.147. The van der Waals surface area contributed by atoms with Gasteiger partial charge in [-0.2, -0.15) is 13.2 Å². The second-order valence-electron chi connectivity index (χ2n) is 4.89. The minimum Gasteiger partial charge on any atom is -0.465 e. The topological polar surface area (TPSA) is 61.6 Å². The van der Waals surface area contributed by atoms with Crippen LogP contribution in [0, 0.1) is 0 Å². The normalized spacial score (nSPS) is 15.4. The smallest absolute Gasteiger partial charge is 0.449 e. The number of fused-ring (bicyclic) bond motifs is 1. The molecule has 0 saturated heterocycles. The van der Waals surface area contributed by atoms with E-state index in [2.05, 4.69) is 4.98 Å². The summed E-state index contributed by atoms with van der Waals surface area (Å²) in [4.78, 5) is 17.6. The van der Waals surface area contributed by atoms with Crippen LogP contribution in [0.2, 0.25) is 0 Å². The molecule has 0 radical (unpaired) electrons. The fourth-order valence-corrected chi connectivity index (χ4v) is 2.90. The van der Waals surface area contributed by atoms with Crippen LogP contribution in [0.25, 0.3) is 0 Å². The molecule has 1 aliphatic rings. The summed E-state index contributed by atoms with van der Waals surface area (Å²) in [6.07, 6.45) is -5.68. The van der Waals surface area contributed by atoms with Gasteiger partial charge in [-0.25, -0.2) is 9.78 Å². The van der Waals surface area contributed by atoms with Gasteiger partial charge in [0.05, 0.1) is 18.1 Å². The Kier molecular flexibility index (Phi) is 4.38. The number of nitrogens with zero attached hydrogens (tertiary/aromatic N) is 4. The Balaban J connectivity index is 2.37. The van der Waals surface area contributed by atoms with Gasteiger partial charge in [0.15, 0.2) is 0 Å². The number of halogens is 3. The first-order valence-electron chi connectivity index (χ1n) is 6.12. The number of hydrogen-bond donors (Lipinski definition) is 1. The zero-order chi connectivity index (χ0) is 15.8. The number of aromatic nitrogens is 2. The zero-order valence-corrected chi connectivity index (χ0v) is 12.3. The van der Waals surface area contributed by atoms with Crippen molar-refractivity contribution < 1.29 is 23.1 Å². The molecule has 10 heteroatoms. The highest BCUT2D eigenvalue weighted by molar-refractivity contribution is 7.99. The van der Waals surface area contributed by atoms with E-state index in [4.69, 9.17) is 5.11 Å². The standard InChI is InChI=1S/C11H15F3N4O2S/c1-16(2)6-21-8-7-5-17(10(19)20)3-4-18(7)9(15-8)11(12,13)14/h3-6H2,1-2H3,(H,19,20). The Morgan fingerprint density at radius 2 is 2.10 bits per heavy atom. The summed E-state index contributed by atoms with van der Waals surface area (Å²) in [5.74, 6) is -0.488. The SMILES string of the molecule is CN(C)CSc1nc(C(F)(F)F)n2c1CN(C(=O)O)CC2. The molecule has 118 valence electrons. The second kappa shape index (κ2) is 5.76. The minimum atomic E-state index is -4.54. The number of carbonyl (C=O) groups is 1. The monoisotopic (exact) mass is 324 g/mol. The molecule has 1 N–H and O–H groups in total. The molecule has 2 heterocycles. The molecule has 2 rings (SSSR count). The first-order chi connectivity index (χ1) is 9.70. The molecule has 0 unspecified atom stereocenters. The van der Waals surface area contributed by atoms with Crippen molar-refractivity contribution in [3.63, 3.8) is 0 Å². The molecule has 6 nitrogen and oxygen atoms in total. The summed E-state index contributed by atoms with van der Waals surface area (Å²) in [6.45, 7) is -0.0836. The van der Waals surface area contributed by atoms with Gasteiger partial charge in [-0.3, -0.25) is 4.90 Å². The number of carboxylic acid groups (broad SMARTS) is 1. The molecule has 0 aliphatic carbocycles. The largest absolute Gasteiger partial charge is 0.465 e. The number of hydrogen-bond acceptors (Lipinski definition) is 4. The van der Waals surface area contributed by atoms with Crippen LogP contribution in [0.5, 0.6) is 0 Å². The van der Waals surface area contributed by atoms with E-state index in [1.54, 1.807) is 14.1 Å². The molecule has 21 heavy (non-hydrogen) atoms. The minimum absolute atomic E-state index is 0.0273. The number of amides is 1. The van der Waals surface area contributed by atoms with E-state index >= 15 is 0 Å². The van der Waals surface area contributed by atoms with Gasteiger partial charge in [-0.15, -0.1) is 0 Å². The first-order valence-corrected chi connectivity index (χ1v) is 7.10. The van der Waals surface area contributed by atoms with Crippen molar-refractivity contribution >= 4 is 17.9 Å². The Morgan fingerprint density at radius 3 is 2.62 bits per heavy atom. The second-order valence-corrected chi connectivity index (χ2v) is 5.83. The predicted octanol–water partition coefficient (Wildman–Crippen LogP) is 2.01. The third kappa shape index (κ3) is 3.43. The number of thioether (sulfide) groups is 1. The summed E-state index contributed by atoms with van der Waals surface area (Å²) < 4.78 is 40.1. The van der Waals surface area contributed by atoms with Crippen LogP contribution in [0.1, 0.15) is 11.5 Å². The summed E-state index contributed by atoms with van der Waals surface area (Å²) in [6, 6.07) is 0. The fraction of sp³-hybridized carbons (Fsp3) is 0.636. The molecule has 0 spiro atoms. The Bertz CT molecular complexity index is 544. The van der Waals surface area contributed by atoms with Gasteiger partial charge >= 0.3 is 12.3 Å². The van der Waals surface area contributed by atoms with Gasteiger partial charge < -0.3 is 14.6 Å². The van der Waals surface area contributed by atoms with E-state index in [0.717, 1.165) is 9.47 Å². The molecular weight excluding hydrogens is 309 g/mol. The molecule has 1 aromatic rings. The molecule has 1 aliphatic heterocycles. The molecule has 1 aromatic heterocycles. The van der Waals surface area contributed by atoms with Crippen LogP contribution in [-0.4, -0.2) is 57.1 Å². The van der Waals surface area contributed by atoms with Crippen molar-refractivity contribution in [2.45, 2.75) is 24.3 Å². The number of rotatable bonds is 3. The van der Waals surface area contributed by atoms with E-state index < -0.39 is 18.1 Å². The Morgan fingerprint density at radius 1 is 1.43 bits per heavy atom. The van der Waals surface area contributed by atoms with E-state index in [-0.39, 0.29) is 24.7 Å². The Labute approximate surface area is 123 Å². The molecular formula is C11H15F3N4O2S. The van der Waals surface area contributed by atoms with Gasteiger partial charge in [0.1, 0.15) is 5.03 Å². The lowest BCUT2D eigenvalue weighted by Crippen LogP contribution is -2.38. The highest BCUT2D eigenvalue weighted by Gasteiger charge is 2.40. The highest BCUT2D eigenvalue weighted by Crippen LogP contribution is 2.35. The molecule has 0 bridgehead atoms. The van der Waals surface area contributed by atoms with Gasteiger partial charge in [0.25, 0.3) is 0 Å². The van der Waals surface area contributed by atoms with Crippen molar-refractivity contribution in [3.8, 4) is 0 Å². The van der Waals surface area contributed by atoms with Crippen LogP contribution in [0.4, 0.5) is 18.0 Å². The quantitative estimate of drug-likeness (QED) is 0.681. The zero-order valence-electron chi connectivity index (χ0n) is 11.5. The van der Waals surface area contributed by atoms with E-state index in [9.17, 15) is 18.0 Å². The lowest BCUT2D eigenvalue weighted by Gasteiger charge is -2.27. The van der Waals surface area contributed by atoms with Crippen molar-refractivity contribution in [1.29, 1.82) is 0 Å². The van der Waals surface area contributed by atoms with E-state index in [1.807, 2.05) is 4.90 Å². The maximum Gasteiger partial charge on any atom is 0.449 e. The van der Waals surface area contributed by atoms with Crippen molar-refractivity contribution in [2.24, 2.45) is 0 Å². The van der Waals surface area contributed by atoms with E-state index in [1.165, 1.54) is 11.8 Å². The predicted molar refractivity (Wildman–Crippen MR) is 70.1 cm³/mol. The van der Waals surface area contributed by atoms with Crippen LogP contribution in [-0.2, 0) is 19.3 Å². The molecule has 0 fully saturated rings.